The maximum Gasteiger partial charge on any atom is 0.136 e. The molecule has 45 heavy (non-hydrogen) atoms. The molecule has 0 unspecified atom stereocenters. The summed E-state index contributed by atoms with van der Waals surface area (Å²) in [6, 6.07) is 60.9. The van der Waals surface area contributed by atoms with Gasteiger partial charge in [0.15, 0.2) is 0 Å². The van der Waals surface area contributed by atoms with Gasteiger partial charge in [0, 0.05) is 10.8 Å². The Morgan fingerprint density at radius 2 is 0.689 bits per heavy atom. The van der Waals surface area contributed by atoms with Crippen molar-refractivity contribution in [3.8, 4) is 44.5 Å². The number of benzene rings is 8. The predicted octanol–water partition coefficient (Wildman–Crippen LogP) is 12.6. The molecule has 0 aliphatic heterocycles. The van der Waals surface area contributed by atoms with Crippen LogP contribution in [0.4, 0.5) is 0 Å². The van der Waals surface area contributed by atoms with Crippen molar-refractivity contribution in [2.24, 2.45) is 0 Å². The molecule has 8 aromatic carbocycles. The maximum atomic E-state index is 6.47. The van der Waals surface area contributed by atoms with Crippen LogP contribution in [0.3, 0.4) is 0 Å². The summed E-state index contributed by atoms with van der Waals surface area (Å²) in [5, 5.41) is 7.24. The standard InChI is InChI=1S/C44H28O/c1-3-11-29(12-4-1)31-19-21-32(22-20-31)43-36-15-7-9-17-38(36)44(39-18-10-8-16-37(39)43)34-23-25-35-40-27-33(30-13-5-2-6-14-30)24-26-41(40)45-42(35)28-34/h1-28H. The highest BCUT2D eigenvalue weighted by molar-refractivity contribution is 6.22. The van der Waals surface area contributed by atoms with E-state index in [9.17, 15) is 0 Å². The minimum absolute atomic E-state index is 0.904. The van der Waals surface area contributed by atoms with Crippen LogP contribution in [0.1, 0.15) is 0 Å². The summed E-state index contributed by atoms with van der Waals surface area (Å²) < 4.78 is 6.47. The van der Waals surface area contributed by atoms with Gasteiger partial charge in [0.1, 0.15) is 11.2 Å². The molecule has 0 amide bonds. The molecular formula is C44H28O. The van der Waals surface area contributed by atoms with Crippen LogP contribution < -0.4 is 0 Å². The number of fused-ring (bicyclic) bond motifs is 5. The van der Waals surface area contributed by atoms with Crippen molar-refractivity contribution < 1.29 is 4.42 Å². The van der Waals surface area contributed by atoms with Crippen LogP contribution in [0, 0.1) is 0 Å². The summed E-state index contributed by atoms with van der Waals surface area (Å²) in [6.45, 7) is 0. The average Bonchev–Trinajstić information content (AvgIpc) is 3.48. The zero-order valence-corrected chi connectivity index (χ0v) is 24.6. The fourth-order valence-corrected chi connectivity index (χ4v) is 6.95. The fourth-order valence-electron chi connectivity index (χ4n) is 6.95. The zero-order chi connectivity index (χ0) is 29.7. The van der Waals surface area contributed by atoms with E-state index >= 15 is 0 Å². The molecular weight excluding hydrogens is 544 g/mol. The molecule has 9 aromatic rings. The molecule has 210 valence electrons. The Bertz CT molecular complexity index is 2450. The van der Waals surface area contributed by atoms with Gasteiger partial charge in [-0.15, -0.1) is 0 Å². The molecule has 1 heterocycles. The van der Waals surface area contributed by atoms with E-state index in [1.165, 1.54) is 60.5 Å². The number of hydrogen-bond donors (Lipinski definition) is 0. The molecule has 0 saturated heterocycles. The molecule has 0 spiro atoms. The van der Waals surface area contributed by atoms with E-state index in [1.807, 2.05) is 0 Å². The molecule has 9 rings (SSSR count). The van der Waals surface area contributed by atoms with Crippen molar-refractivity contribution in [2.75, 3.05) is 0 Å². The third-order valence-corrected chi connectivity index (χ3v) is 9.08. The largest absolute Gasteiger partial charge is 0.456 e. The molecule has 0 aliphatic rings. The van der Waals surface area contributed by atoms with Gasteiger partial charge in [0.2, 0.25) is 0 Å². The van der Waals surface area contributed by atoms with Crippen LogP contribution in [0.25, 0.3) is 88.0 Å². The Labute approximate surface area is 261 Å². The van der Waals surface area contributed by atoms with Gasteiger partial charge >= 0.3 is 0 Å². The highest BCUT2D eigenvalue weighted by Gasteiger charge is 2.18. The van der Waals surface area contributed by atoms with Crippen LogP contribution in [0.15, 0.2) is 174 Å². The van der Waals surface area contributed by atoms with E-state index in [-0.39, 0.29) is 0 Å². The first-order valence-corrected chi connectivity index (χ1v) is 15.4. The van der Waals surface area contributed by atoms with E-state index in [1.54, 1.807) is 0 Å². The molecule has 0 aliphatic carbocycles. The first-order valence-electron chi connectivity index (χ1n) is 15.4. The van der Waals surface area contributed by atoms with Crippen molar-refractivity contribution in [2.45, 2.75) is 0 Å². The van der Waals surface area contributed by atoms with Crippen LogP contribution in [0.5, 0.6) is 0 Å². The Kier molecular flexibility index (Phi) is 5.89. The van der Waals surface area contributed by atoms with E-state index in [2.05, 4.69) is 170 Å². The van der Waals surface area contributed by atoms with Crippen molar-refractivity contribution in [3.05, 3.63) is 170 Å². The first kappa shape index (κ1) is 25.6. The molecule has 0 radical (unpaired) electrons. The Hall–Kier alpha value is -5.92. The minimum atomic E-state index is 0.904. The molecule has 0 saturated carbocycles. The normalized spacial score (nSPS) is 11.6. The lowest BCUT2D eigenvalue weighted by Gasteiger charge is -2.18. The molecule has 1 nitrogen and oxygen atoms in total. The van der Waals surface area contributed by atoms with E-state index in [0.717, 1.165) is 27.5 Å². The summed E-state index contributed by atoms with van der Waals surface area (Å²) in [5.41, 5.74) is 11.5. The number of rotatable bonds is 4. The Morgan fingerprint density at radius 1 is 0.244 bits per heavy atom. The summed E-state index contributed by atoms with van der Waals surface area (Å²) in [7, 11) is 0. The van der Waals surface area contributed by atoms with Gasteiger partial charge in [-0.3, -0.25) is 0 Å². The second-order valence-corrected chi connectivity index (χ2v) is 11.7. The van der Waals surface area contributed by atoms with Crippen LogP contribution >= 0.6 is 0 Å². The monoisotopic (exact) mass is 572 g/mol. The molecule has 0 atom stereocenters. The lowest BCUT2D eigenvalue weighted by molar-refractivity contribution is 0.669. The summed E-state index contributed by atoms with van der Waals surface area (Å²) in [5.74, 6) is 0. The van der Waals surface area contributed by atoms with Crippen molar-refractivity contribution in [1.29, 1.82) is 0 Å². The Balaban J connectivity index is 1.23. The molecule has 0 bridgehead atoms. The third kappa shape index (κ3) is 4.24. The molecule has 1 aromatic heterocycles. The second kappa shape index (κ2) is 10.4. The van der Waals surface area contributed by atoms with Gasteiger partial charge < -0.3 is 4.42 Å². The van der Waals surface area contributed by atoms with Crippen molar-refractivity contribution in [1.82, 2.24) is 0 Å². The number of furan rings is 1. The van der Waals surface area contributed by atoms with Gasteiger partial charge in [-0.2, -0.15) is 0 Å². The zero-order valence-electron chi connectivity index (χ0n) is 24.6. The van der Waals surface area contributed by atoms with Gasteiger partial charge in [-0.05, 0) is 90.3 Å². The smallest absolute Gasteiger partial charge is 0.136 e. The summed E-state index contributed by atoms with van der Waals surface area (Å²) in [4.78, 5) is 0. The lowest BCUT2D eigenvalue weighted by atomic mass is 9.85. The quantitative estimate of drug-likeness (QED) is 0.191. The third-order valence-electron chi connectivity index (χ3n) is 9.08. The van der Waals surface area contributed by atoms with E-state index < -0.39 is 0 Å². The molecule has 0 fully saturated rings. The average molecular weight is 573 g/mol. The Morgan fingerprint density at radius 3 is 1.29 bits per heavy atom. The number of hydrogen-bond acceptors (Lipinski definition) is 1. The molecule has 1 heteroatoms. The maximum absolute atomic E-state index is 6.47. The SMILES string of the molecule is c1ccc(-c2ccc(-c3c4ccccc4c(-c4ccc5c(c4)oc4ccc(-c6ccccc6)cc45)c4ccccc34)cc2)cc1. The highest BCUT2D eigenvalue weighted by Crippen LogP contribution is 2.45. The lowest BCUT2D eigenvalue weighted by Crippen LogP contribution is -1.91. The van der Waals surface area contributed by atoms with Crippen LogP contribution in [-0.4, -0.2) is 0 Å². The highest BCUT2D eigenvalue weighted by atomic mass is 16.3. The van der Waals surface area contributed by atoms with Gasteiger partial charge in [0.05, 0.1) is 0 Å². The topological polar surface area (TPSA) is 13.1 Å². The fraction of sp³-hybridized carbons (Fsp3) is 0. The van der Waals surface area contributed by atoms with Crippen molar-refractivity contribution in [3.63, 3.8) is 0 Å². The van der Waals surface area contributed by atoms with Gasteiger partial charge in [-0.25, -0.2) is 0 Å². The minimum Gasteiger partial charge on any atom is -0.456 e. The summed E-state index contributed by atoms with van der Waals surface area (Å²) in [6.07, 6.45) is 0. The summed E-state index contributed by atoms with van der Waals surface area (Å²) >= 11 is 0. The van der Waals surface area contributed by atoms with Gasteiger partial charge in [0.25, 0.3) is 0 Å². The predicted molar refractivity (Wildman–Crippen MR) is 190 cm³/mol. The molecule has 0 N–H and O–H groups in total. The van der Waals surface area contributed by atoms with E-state index in [4.69, 9.17) is 4.42 Å². The van der Waals surface area contributed by atoms with Crippen molar-refractivity contribution >= 4 is 43.5 Å². The van der Waals surface area contributed by atoms with E-state index in [0.29, 0.717) is 0 Å². The van der Waals surface area contributed by atoms with Crippen LogP contribution in [-0.2, 0) is 0 Å². The first-order chi connectivity index (χ1) is 22.3. The van der Waals surface area contributed by atoms with Gasteiger partial charge in [-0.1, -0.05) is 146 Å². The second-order valence-electron chi connectivity index (χ2n) is 11.7. The van der Waals surface area contributed by atoms with Crippen LogP contribution in [0.2, 0.25) is 0 Å².